The van der Waals surface area contributed by atoms with E-state index >= 15 is 0 Å². The van der Waals surface area contributed by atoms with Gasteiger partial charge in [-0.05, 0) is 36.6 Å². The molecule has 2 aromatic rings. The Bertz CT molecular complexity index is 705. The Morgan fingerprint density at radius 1 is 1.43 bits per heavy atom. The number of nitro groups is 1. The van der Waals surface area contributed by atoms with Gasteiger partial charge in [0.05, 0.1) is 4.92 Å². The minimum absolute atomic E-state index is 0.0141. The Morgan fingerprint density at radius 2 is 2.24 bits per heavy atom. The van der Waals surface area contributed by atoms with Crippen molar-refractivity contribution in [1.82, 2.24) is 4.98 Å². The third-order valence-corrected chi connectivity index (χ3v) is 3.90. The van der Waals surface area contributed by atoms with Crippen molar-refractivity contribution in [2.75, 3.05) is 5.32 Å². The number of pyridine rings is 1. The van der Waals surface area contributed by atoms with E-state index in [1.165, 1.54) is 17.8 Å². The first-order valence-electron chi connectivity index (χ1n) is 6.67. The van der Waals surface area contributed by atoms with Gasteiger partial charge in [0.15, 0.2) is 0 Å². The lowest BCUT2D eigenvalue weighted by molar-refractivity contribution is -0.385. The summed E-state index contributed by atoms with van der Waals surface area (Å²) >= 11 is 6.00. The van der Waals surface area contributed by atoms with Crippen molar-refractivity contribution in [2.45, 2.75) is 25.3 Å². The molecule has 0 spiro atoms. The fourth-order valence-electron chi connectivity index (χ4n) is 2.45. The van der Waals surface area contributed by atoms with Crippen molar-refractivity contribution >= 4 is 23.1 Å². The fourth-order valence-corrected chi connectivity index (χ4v) is 2.65. The second-order valence-electron chi connectivity index (χ2n) is 5.26. The van der Waals surface area contributed by atoms with Crippen LogP contribution in [0.25, 0.3) is 0 Å². The summed E-state index contributed by atoms with van der Waals surface area (Å²) < 4.78 is 0. The Hall–Kier alpha value is -2.14. The maximum atomic E-state index is 10.7. The van der Waals surface area contributed by atoms with Crippen molar-refractivity contribution in [1.29, 1.82) is 0 Å². The predicted octanol–water partition coefficient (Wildman–Crippen LogP) is 3.92. The summed E-state index contributed by atoms with van der Waals surface area (Å²) in [7, 11) is 0. The van der Waals surface area contributed by atoms with Crippen LogP contribution in [-0.2, 0) is 0 Å². The van der Waals surface area contributed by atoms with Crippen molar-refractivity contribution in [3.05, 3.63) is 62.8 Å². The highest BCUT2D eigenvalue weighted by molar-refractivity contribution is 6.30. The Morgan fingerprint density at radius 3 is 2.90 bits per heavy atom. The molecule has 5 nitrogen and oxygen atoms in total. The van der Waals surface area contributed by atoms with Crippen molar-refractivity contribution in [3.8, 4) is 0 Å². The van der Waals surface area contributed by atoms with Crippen LogP contribution in [0.1, 0.15) is 23.5 Å². The molecule has 1 saturated carbocycles. The normalized spacial score (nSPS) is 20.1. The molecule has 2 atom stereocenters. The molecule has 0 aliphatic heterocycles. The van der Waals surface area contributed by atoms with Crippen LogP contribution in [0.15, 0.2) is 36.5 Å². The highest BCUT2D eigenvalue weighted by Crippen LogP contribution is 2.43. The molecule has 0 amide bonds. The van der Waals surface area contributed by atoms with E-state index in [9.17, 15) is 10.1 Å². The van der Waals surface area contributed by atoms with Crippen LogP contribution in [-0.4, -0.2) is 15.9 Å². The fraction of sp³-hybridized carbons (Fsp3) is 0.267. The van der Waals surface area contributed by atoms with Gasteiger partial charge in [0.2, 0.25) is 0 Å². The number of nitrogens with zero attached hydrogens (tertiary/aromatic N) is 2. The molecule has 21 heavy (non-hydrogen) atoms. The van der Waals surface area contributed by atoms with Crippen molar-refractivity contribution < 1.29 is 4.92 Å². The van der Waals surface area contributed by atoms with Gasteiger partial charge in [-0.25, -0.2) is 4.98 Å². The zero-order valence-electron chi connectivity index (χ0n) is 11.4. The monoisotopic (exact) mass is 303 g/mol. The molecule has 1 fully saturated rings. The van der Waals surface area contributed by atoms with Crippen LogP contribution in [0.4, 0.5) is 11.5 Å². The molecule has 1 heterocycles. The molecule has 6 heteroatoms. The minimum atomic E-state index is -0.435. The molecule has 0 saturated heterocycles. The Balaban J connectivity index is 1.70. The van der Waals surface area contributed by atoms with E-state index in [0.29, 0.717) is 17.8 Å². The quantitative estimate of drug-likeness (QED) is 0.686. The summed E-state index contributed by atoms with van der Waals surface area (Å²) in [5.74, 6) is 1.12. The number of nitrogens with one attached hydrogen (secondary N) is 1. The third kappa shape index (κ3) is 2.97. The number of hydrogen-bond donors (Lipinski definition) is 1. The van der Waals surface area contributed by atoms with Crippen LogP contribution in [0.5, 0.6) is 0 Å². The zero-order valence-corrected chi connectivity index (χ0v) is 12.2. The van der Waals surface area contributed by atoms with E-state index in [0.717, 1.165) is 17.0 Å². The molecule has 1 aliphatic carbocycles. The van der Waals surface area contributed by atoms with Gasteiger partial charge < -0.3 is 5.32 Å². The molecule has 108 valence electrons. The molecule has 1 aliphatic rings. The van der Waals surface area contributed by atoms with E-state index in [-0.39, 0.29) is 5.69 Å². The van der Waals surface area contributed by atoms with Gasteiger partial charge in [0.25, 0.3) is 5.69 Å². The maximum Gasteiger partial charge on any atom is 0.287 e. The smallest absolute Gasteiger partial charge is 0.287 e. The number of aromatic nitrogens is 1. The van der Waals surface area contributed by atoms with Crippen molar-refractivity contribution in [3.63, 3.8) is 0 Å². The molecule has 1 N–H and O–H groups in total. The first-order valence-corrected chi connectivity index (χ1v) is 7.05. The Labute approximate surface area is 127 Å². The lowest BCUT2D eigenvalue weighted by Crippen LogP contribution is -2.07. The average molecular weight is 304 g/mol. The molecule has 1 aromatic carbocycles. The van der Waals surface area contributed by atoms with Crippen LogP contribution < -0.4 is 5.32 Å². The first-order chi connectivity index (χ1) is 10.0. The summed E-state index contributed by atoms with van der Waals surface area (Å²) in [6.45, 7) is 1.82. The SMILES string of the molecule is Cc1cc([N+](=O)[O-])cnc1NC1CC1c1cccc(Cl)c1. The molecule has 0 bridgehead atoms. The van der Waals surface area contributed by atoms with Gasteiger partial charge >= 0.3 is 0 Å². The van der Waals surface area contributed by atoms with Gasteiger partial charge in [-0.15, -0.1) is 0 Å². The summed E-state index contributed by atoms with van der Waals surface area (Å²) in [6.07, 6.45) is 2.30. The molecule has 2 unspecified atom stereocenters. The number of anilines is 1. The standard InChI is InChI=1S/C15H14ClN3O2/c1-9-5-12(19(20)21)8-17-15(9)18-14-7-13(14)10-3-2-4-11(16)6-10/h2-6,8,13-14H,7H2,1H3,(H,17,18). The summed E-state index contributed by atoms with van der Waals surface area (Å²) in [5, 5.41) is 14.8. The van der Waals surface area contributed by atoms with E-state index in [1.54, 1.807) is 0 Å². The molecule has 0 radical (unpaired) electrons. The van der Waals surface area contributed by atoms with Gasteiger partial charge in [0.1, 0.15) is 12.0 Å². The highest BCUT2D eigenvalue weighted by atomic mass is 35.5. The number of aryl methyl sites for hydroxylation is 1. The number of rotatable bonds is 4. The lowest BCUT2D eigenvalue weighted by atomic mass is 10.1. The lowest BCUT2D eigenvalue weighted by Gasteiger charge is -2.08. The van der Waals surface area contributed by atoms with E-state index < -0.39 is 4.92 Å². The van der Waals surface area contributed by atoms with Gasteiger partial charge in [0, 0.05) is 23.0 Å². The number of benzene rings is 1. The average Bonchev–Trinajstić information content (AvgIpc) is 3.20. The first kappa shape index (κ1) is 13.8. The van der Waals surface area contributed by atoms with E-state index in [1.807, 2.05) is 25.1 Å². The Kier molecular flexibility index (Phi) is 3.51. The molecule has 3 rings (SSSR count). The van der Waals surface area contributed by atoms with Crippen LogP contribution >= 0.6 is 11.6 Å². The molecular weight excluding hydrogens is 290 g/mol. The summed E-state index contributed by atoms with van der Waals surface area (Å²) in [5.41, 5.74) is 2.00. The van der Waals surface area contributed by atoms with Gasteiger partial charge in [-0.2, -0.15) is 0 Å². The largest absolute Gasteiger partial charge is 0.366 e. The van der Waals surface area contributed by atoms with E-state index in [2.05, 4.69) is 16.4 Å². The van der Waals surface area contributed by atoms with E-state index in [4.69, 9.17) is 11.6 Å². The van der Waals surface area contributed by atoms with Crippen molar-refractivity contribution in [2.24, 2.45) is 0 Å². The van der Waals surface area contributed by atoms with Crippen LogP contribution in [0.2, 0.25) is 5.02 Å². The zero-order chi connectivity index (χ0) is 15.0. The van der Waals surface area contributed by atoms with Crippen LogP contribution in [0, 0.1) is 17.0 Å². The van der Waals surface area contributed by atoms with Gasteiger partial charge in [-0.1, -0.05) is 23.7 Å². The van der Waals surface area contributed by atoms with Gasteiger partial charge in [-0.3, -0.25) is 10.1 Å². The summed E-state index contributed by atoms with van der Waals surface area (Å²) in [6, 6.07) is 9.68. The third-order valence-electron chi connectivity index (χ3n) is 3.66. The topological polar surface area (TPSA) is 68.1 Å². The number of hydrogen-bond acceptors (Lipinski definition) is 4. The minimum Gasteiger partial charge on any atom is -0.366 e. The summed E-state index contributed by atoms with van der Waals surface area (Å²) in [4.78, 5) is 14.4. The predicted molar refractivity (Wildman–Crippen MR) is 81.8 cm³/mol. The molecular formula is C15H14ClN3O2. The van der Waals surface area contributed by atoms with Crippen LogP contribution in [0.3, 0.4) is 0 Å². The second-order valence-corrected chi connectivity index (χ2v) is 5.70. The maximum absolute atomic E-state index is 10.7. The molecule has 1 aromatic heterocycles. The second kappa shape index (κ2) is 5.33. The number of halogens is 1. The highest BCUT2D eigenvalue weighted by Gasteiger charge is 2.38.